The molecule has 0 unspecified atom stereocenters. The van der Waals surface area contributed by atoms with Gasteiger partial charge in [-0.3, -0.25) is 0 Å². The van der Waals surface area contributed by atoms with Crippen LogP contribution in [-0.4, -0.2) is 23.3 Å². The van der Waals surface area contributed by atoms with Gasteiger partial charge in [0.05, 0.1) is 44.1 Å². The van der Waals surface area contributed by atoms with Gasteiger partial charge in [0, 0.05) is 66.9 Å². The molecule has 61 heavy (non-hydrogen) atoms. The first kappa shape index (κ1) is 32.7. The van der Waals surface area contributed by atoms with E-state index in [1.54, 1.807) is 0 Å². The van der Waals surface area contributed by atoms with Gasteiger partial charge in [0.15, 0.2) is 5.82 Å². The van der Waals surface area contributed by atoms with Crippen molar-refractivity contribution in [1.82, 2.24) is 23.3 Å². The number of aromatic nitrogens is 5. The van der Waals surface area contributed by atoms with E-state index in [1.165, 1.54) is 70.7 Å². The minimum atomic E-state index is 0.705. The van der Waals surface area contributed by atoms with Crippen molar-refractivity contribution < 1.29 is 0 Å². The predicted molar refractivity (Wildman–Crippen MR) is 253 cm³/mol. The van der Waals surface area contributed by atoms with Gasteiger partial charge in [-0.2, -0.15) is 0 Å². The molecule has 0 amide bonds. The monoisotopic (exact) mass is 775 g/mol. The molecule has 5 aromatic heterocycles. The highest BCUT2D eigenvalue weighted by atomic mass is 15.0. The molecule has 5 heteroatoms. The summed E-state index contributed by atoms with van der Waals surface area (Å²) in [5.74, 6) is 0.705. The number of nitrogens with zero attached hydrogens (tertiary/aromatic N) is 5. The number of hydrogen-bond acceptors (Lipinski definition) is 2. The summed E-state index contributed by atoms with van der Waals surface area (Å²) >= 11 is 0. The molecule has 0 aliphatic carbocycles. The Kier molecular flexibility index (Phi) is 6.49. The van der Waals surface area contributed by atoms with Crippen LogP contribution in [0.2, 0.25) is 0 Å². The van der Waals surface area contributed by atoms with Gasteiger partial charge in [-0.1, -0.05) is 140 Å². The highest BCUT2D eigenvalue weighted by Gasteiger charge is 2.24. The van der Waals surface area contributed by atoms with Gasteiger partial charge in [-0.25, -0.2) is 9.97 Å². The average molecular weight is 776 g/mol. The summed E-state index contributed by atoms with van der Waals surface area (Å²) in [5.41, 5.74) is 15.8. The lowest BCUT2D eigenvalue weighted by Crippen LogP contribution is -1.96. The molecule has 0 bridgehead atoms. The third-order valence-corrected chi connectivity index (χ3v) is 13.0. The number of benzene rings is 9. The Morgan fingerprint density at radius 3 is 1.44 bits per heavy atom. The smallest absolute Gasteiger partial charge is 0.159 e. The van der Waals surface area contributed by atoms with Crippen molar-refractivity contribution in [3.63, 3.8) is 0 Å². The van der Waals surface area contributed by atoms with Gasteiger partial charge in [0.25, 0.3) is 0 Å². The fraction of sp³-hybridized carbons (Fsp3) is 0. The van der Waals surface area contributed by atoms with E-state index in [-0.39, 0.29) is 0 Å². The molecule has 0 saturated heterocycles. The summed E-state index contributed by atoms with van der Waals surface area (Å²) in [6, 6.07) is 68.4. The van der Waals surface area contributed by atoms with Gasteiger partial charge >= 0.3 is 0 Å². The quantitative estimate of drug-likeness (QED) is 0.179. The lowest BCUT2D eigenvalue weighted by molar-refractivity contribution is 1.18. The molecular weight excluding hydrogens is 743 g/mol. The number of fused-ring (bicyclic) bond motifs is 12. The highest BCUT2D eigenvalue weighted by Crippen LogP contribution is 2.46. The first-order valence-corrected chi connectivity index (χ1v) is 20.8. The van der Waals surface area contributed by atoms with Crippen molar-refractivity contribution in [2.75, 3.05) is 0 Å². The fourth-order valence-corrected chi connectivity index (χ4v) is 10.4. The average Bonchev–Trinajstić information content (AvgIpc) is 3.94. The maximum Gasteiger partial charge on any atom is 0.159 e. The van der Waals surface area contributed by atoms with E-state index in [9.17, 15) is 0 Å². The van der Waals surface area contributed by atoms with Crippen LogP contribution in [0, 0.1) is 0 Å². The molecule has 0 N–H and O–H groups in total. The SMILES string of the molecule is c1ccc(-c2ncc(-c3cc4c(cc3-c3ccc5c6ccccc6n(-c6ccccc6)c5c3)n3c5ccccc5c5ccc6ccc7c8ccccc8n4c7c6c53)cn2)cc1. The van der Waals surface area contributed by atoms with E-state index in [0.717, 1.165) is 50.1 Å². The van der Waals surface area contributed by atoms with Crippen LogP contribution in [0.25, 0.3) is 127 Å². The van der Waals surface area contributed by atoms with E-state index in [1.807, 2.05) is 30.6 Å². The van der Waals surface area contributed by atoms with E-state index >= 15 is 0 Å². The van der Waals surface area contributed by atoms with Crippen LogP contribution < -0.4 is 0 Å². The van der Waals surface area contributed by atoms with Crippen LogP contribution in [-0.2, 0) is 0 Å². The van der Waals surface area contributed by atoms with Crippen LogP contribution >= 0.6 is 0 Å². The van der Waals surface area contributed by atoms with E-state index in [2.05, 4.69) is 183 Å². The summed E-state index contributed by atoms with van der Waals surface area (Å²) in [6.07, 6.45) is 4.00. The third kappa shape index (κ3) is 4.44. The molecule has 0 radical (unpaired) electrons. The summed E-state index contributed by atoms with van der Waals surface area (Å²) in [6.45, 7) is 0. The topological polar surface area (TPSA) is 39.5 Å². The Hall–Kier alpha value is -8.28. The molecule has 0 aliphatic heterocycles. The van der Waals surface area contributed by atoms with Crippen LogP contribution in [0.15, 0.2) is 200 Å². The van der Waals surface area contributed by atoms with E-state index in [0.29, 0.717) is 5.82 Å². The van der Waals surface area contributed by atoms with Gasteiger partial charge in [-0.15, -0.1) is 0 Å². The number of hydrogen-bond donors (Lipinski definition) is 0. The van der Waals surface area contributed by atoms with E-state index < -0.39 is 0 Å². The lowest BCUT2D eigenvalue weighted by atomic mass is 9.94. The molecule has 5 nitrogen and oxygen atoms in total. The maximum absolute atomic E-state index is 5.00. The molecule has 0 fully saturated rings. The first-order valence-electron chi connectivity index (χ1n) is 20.8. The van der Waals surface area contributed by atoms with Crippen LogP contribution in [0.1, 0.15) is 0 Å². The van der Waals surface area contributed by atoms with Gasteiger partial charge in [-0.05, 0) is 70.6 Å². The second-order valence-electron chi connectivity index (χ2n) is 16.2. The molecule has 0 spiro atoms. The molecule has 5 heterocycles. The number of rotatable bonds is 4. The summed E-state index contributed by atoms with van der Waals surface area (Å²) in [7, 11) is 0. The van der Waals surface area contributed by atoms with Gasteiger partial charge in [0.2, 0.25) is 0 Å². The van der Waals surface area contributed by atoms with Crippen molar-refractivity contribution in [2.24, 2.45) is 0 Å². The van der Waals surface area contributed by atoms with Crippen LogP contribution in [0.5, 0.6) is 0 Å². The summed E-state index contributed by atoms with van der Waals surface area (Å²) in [4.78, 5) is 10.0. The zero-order valence-electron chi connectivity index (χ0n) is 32.8. The Bertz CT molecular complexity index is 4070. The molecule has 9 aromatic carbocycles. The normalized spacial score (nSPS) is 12.3. The molecular formula is C56H33N5. The molecule has 14 rings (SSSR count). The maximum atomic E-state index is 5.00. The predicted octanol–water partition coefficient (Wildman–Crippen LogP) is 14.3. The molecule has 0 aliphatic rings. The zero-order valence-corrected chi connectivity index (χ0v) is 32.8. The van der Waals surface area contributed by atoms with Gasteiger partial charge in [0.1, 0.15) is 0 Å². The summed E-state index contributed by atoms with van der Waals surface area (Å²) < 4.78 is 7.45. The summed E-state index contributed by atoms with van der Waals surface area (Å²) in [5, 5.41) is 9.94. The highest BCUT2D eigenvalue weighted by molar-refractivity contribution is 6.29. The third-order valence-electron chi connectivity index (χ3n) is 13.0. The van der Waals surface area contributed by atoms with E-state index in [4.69, 9.17) is 9.97 Å². The largest absolute Gasteiger partial charge is 0.309 e. The van der Waals surface area contributed by atoms with Crippen molar-refractivity contribution in [1.29, 1.82) is 0 Å². The lowest BCUT2D eigenvalue weighted by Gasteiger charge is -2.15. The van der Waals surface area contributed by atoms with Crippen LogP contribution in [0.3, 0.4) is 0 Å². The second-order valence-corrected chi connectivity index (χ2v) is 16.2. The molecule has 14 aromatic rings. The minimum absolute atomic E-state index is 0.705. The Morgan fingerprint density at radius 1 is 0.328 bits per heavy atom. The van der Waals surface area contributed by atoms with Crippen molar-refractivity contribution >= 4 is 87.2 Å². The Balaban J connectivity index is 1.18. The fourth-order valence-electron chi connectivity index (χ4n) is 10.4. The minimum Gasteiger partial charge on any atom is -0.309 e. The Labute approximate surface area is 349 Å². The standard InChI is InChI=1S/C56H33N5/c1-3-13-35(14-4-1)56-57-32-37(33-58-56)46-31-52-51(30-45(46)36-25-26-42-39-17-7-10-20-47(39)59(50(42)29-36)38-15-5-2-6-16-38)60-48-21-11-8-18-40(48)43-27-23-34-24-28-44-41-19-9-12-22-49(41)61(52)55(44)53(34)54(43)60/h1-33H. The molecule has 282 valence electrons. The van der Waals surface area contributed by atoms with Crippen molar-refractivity contribution in [3.05, 3.63) is 200 Å². The first-order chi connectivity index (χ1) is 30.3. The molecule has 0 saturated carbocycles. The molecule has 0 atom stereocenters. The van der Waals surface area contributed by atoms with Gasteiger partial charge < -0.3 is 13.4 Å². The second kappa shape index (κ2) is 12.1. The van der Waals surface area contributed by atoms with Crippen LogP contribution in [0.4, 0.5) is 0 Å². The van der Waals surface area contributed by atoms with Crippen molar-refractivity contribution in [2.45, 2.75) is 0 Å². The zero-order chi connectivity index (χ0) is 39.8. The number of para-hydroxylation sites is 4. The van der Waals surface area contributed by atoms with Crippen molar-refractivity contribution in [3.8, 4) is 39.3 Å². The Morgan fingerprint density at radius 2 is 0.820 bits per heavy atom.